The highest BCUT2D eigenvalue weighted by molar-refractivity contribution is 7.89. The van der Waals surface area contributed by atoms with Gasteiger partial charge in [-0.2, -0.15) is 0 Å². The van der Waals surface area contributed by atoms with E-state index in [1.807, 2.05) is 0 Å². The second-order valence-electron chi connectivity index (χ2n) is 5.12. The molecule has 2 unspecified atom stereocenters. The molecule has 0 radical (unpaired) electrons. The van der Waals surface area contributed by atoms with E-state index in [2.05, 4.69) is 4.72 Å². The van der Waals surface area contributed by atoms with Crippen LogP contribution in [-0.4, -0.2) is 41.9 Å². The number of carboxylic acids is 1. The Kier molecular flexibility index (Phi) is 4.50. The van der Waals surface area contributed by atoms with Gasteiger partial charge < -0.3 is 15.3 Å². The van der Waals surface area contributed by atoms with Gasteiger partial charge in [0.25, 0.3) is 0 Å². The molecule has 2 atom stereocenters. The van der Waals surface area contributed by atoms with E-state index in [4.69, 9.17) is 5.11 Å². The first-order valence-corrected chi connectivity index (χ1v) is 8.04. The van der Waals surface area contributed by atoms with E-state index in [-0.39, 0.29) is 10.9 Å². The van der Waals surface area contributed by atoms with E-state index < -0.39 is 33.4 Å². The Hall–Kier alpha value is -1.64. The molecule has 2 rings (SSSR count). The van der Waals surface area contributed by atoms with Crippen molar-refractivity contribution >= 4 is 16.0 Å². The van der Waals surface area contributed by atoms with Gasteiger partial charge in [0.2, 0.25) is 10.0 Å². The number of benzene rings is 1. The summed E-state index contributed by atoms with van der Waals surface area (Å²) in [5.41, 5.74) is -0.471. The second-order valence-corrected chi connectivity index (χ2v) is 6.84. The Bertz CT molecular complexity index is 642. The first kappa shape index (κ1) is 15.7. The van der Waals surface area contributed by atoms with Crippen LogP contribution in [0, 0.1) is 0 Å². The molecule has 0 aromatic heterocycles. The predicted octanol–water partition coefficient (Wildman–Crippen LogP) is 0.672. The zero-order chi connectivity index (χ0) is 15.6. The third-order valence-electron chi connectivity index (χ3n) is 3.48. The third-order valence-corrected chi connectivity index (χ3v) is 5.00. The van der Waals surface area contributed by atoms with Crippen molar-refractivity contribution in [1.82, 2.24) is 4.72 Å². The summed E-state index contributed by atoms with van der Waals surface area (Å²) in [6, 6.07) is 2.72. The van der Waals surface area contributed by atoms with Crippen molar-refractivity contribution in [2.45, 2.75) is 42.7 Å². The van der Waals surface area contributed by atoms with Gasteiger partial charge >= 0.3 is 5.97 Å². The molecule has 8 heteroatoms. The number of rotatable bonds is 4. The molecule has 1 fully saturated rings. The average Bonchev–Trinajstić information content (AvgIpc) is 2.38. The molecule has 4 N–H and O–H groups in total. The highest BCUT2D eigenvalue weighted by atomic mass is 32.2. The van der Waals surface area contributed by atoms with Crippen molar-refractivity contribution in [3.63, 3.8) is 0 Å². The van der Waals surface area contributed by atoms with E-state index in [0.29, 0.717) is 19.3 Å². The lowest BCUT2D eigenvalue weighted by Gasteiger charge is -2.26. The lowest BCUT2D eigenvalue weighted by molar-refractivity contribution is 0.0693. The molecule has 116 valence electrons. The molecule has 0 bridgehead atoms. The van der Waals surface area contributed by atoms with Gasteiger partial charge in [0.15, 0.2) is 0 Å². The van der Waals surface area contributed by atoms with Crippen LogP contribution in [0.3, 0.4) is 0 Å². The quantitative estimate of drug-likeness (QED) is 0.647. The monoisotopic (exact) mass is 315 g/mol. The molecular formula is C13H17NO6S. The molecule has 0 saturated heterocycles. The van der Waals surface area contributed by atoms with E-state index in [1.54, 1.807) is 0 Å². The number of nitrogens with one attached hydrogen (secondary N) is 1. The van der Waals surface area contributed by atoms with Crippen molar-refractivity contribution in [3.8, 4) is 5.75 Å². The lowest BCUT2D eigenvalue weighted by atomic mass is 9.94. The van der Waals surface area contributed by atoms with Gasteiger partial charge in [0, 0.05) is 6.04 Å². The van der Waals surface area contributed by atoms with Gasteiger partial charge in [-0.1, -0.05) is 0 Å². The number of aromatic carboxylic acids is 1. The minimum Gasteiger partial charge on any atom is -0.507 e. The number of hydrogen-bond donors (Lipinski definition) is 4. The molecular weight excluding hydrogens is 298 g/mol. The summed E-state index contributed by atoms with van der Waals surface area (Å²) in [6.45, 7) is 0. The molecule has 7 nitrogen and oxygen atoms in total. The Morgan fingerprint density at radius 1 is 1.29 bits per heavy atom. The van der Waals surface area contributed by atoms with Crippen LogP contribution in [0.5, 0.6) is 5.75 Å². The van der Waals surface area contributed by atoms with Crippen molar-refractivity contribution in [2.75, 3.05) is 0 Å². The maximum atomic E-state index is 12.2. The maximum Gasteiger partial charge on any atom is 0.339 e. The van der Waals surface area contributed by atoms with Crippen LogP contribution >= 0.6 is 0 Å². The molecule has 0 heterocycles. The highest BCUT2D eigenvalue weighted by Gasteiger charge is 2.26. The number of aliphatic hydroxyl groups is 1. The van der Waals surface area contributed by atoms with Crippen LogP contribution in [0.15, 0.2) is 23.1 Å². The maximum absolute atomic E-state index is 12.2. The summed E-state index contributed by atoms with van der Waals surface area (Å²) in [5, 5.41) is 27.9. The Morgan fingerprint density at radius 3 is 2.62 bits per heavy atom. The van der Waals surface area contributed by atoms with Crippen LogP contribution in [0.2, 0.25) is 0 Å². The highest BCUT2D eigenvalue weighted by Crippen LogP contribution is 2.24. The summed E-state index contributed by atoms with van der Waals surface area (Å²) in [4.78, 5) is 10.7. The number of aliphatic hydroxyl groups excluding tert-OH is 1. The van der Waals surface area contributed by atoms with E-state index in [9.17, 15) is 23.4 Å². The summed E-state index contributed by atoms with van der Waals surface area (Å²) in [7, 11) is -3.89. The third kappa shape index (κ3) is 3.72. The summed E-state index contributed by atoms with van der Waals surface area (Å²) in [5.74, 6) is -1.90. The van der Waals surface area contributed by atoms with Crippen molar-refractivity contribution < 1.29 is 28.5 Å². The fourth-order valence-corrected chi connectivity index (χ4v) is 3.72. The van der Waals surface area contributed by atoms with Gasteiger partial charge in [-0.05, 0) is 43.9 Å². The first-order valence-electron chi connectivity index (χ1n) is 6.56. The molecule has 1 saturated carbocycles. The predicted molar refractivity (Wildman–Crippen MR) is 73.7 cm³/mol. The zero-order valence-electron chi connectivity index (χ0n) is 11.2. The lowest BCUT2D eigenvalue weighted by Crippen LogP contribution is -2.39. The number of carbonyl (C=O) groups is 1. The Labute approximate surface area is 122 Å². The fourth-order valence-electron chi connectivity index (χ4n) is 2.41. The minimum atomic E-state index is -3.89. The molecule has 0 spiro atoms. The number of phenols is 1. The summed E-state index contributed by atoms with van der Waals surface area (Å²) < 4.78 is 26.9. The fraction of sp³-hybridized carbons (Fsp3) is 0.462. The Balaban J connectivity index is 2.23. The van der Waals surface area contributed by atoms with Crippen LogP contribution in [0.4, 0.5) is 0 Å². The van der Waals surface area contributed by atoms with Crippen LogP contribution in [0.1, 0.15) is 36.0 Å². The smallest absolute Gasteiger partial charge is 0.339 e. The molecule has 1 aliphatic carbocycles. The van der Waals surface area contributed by atoms with Crippen LogP contribution < -0.4 is 4.72 Å². The number of hydrogen-bond acceptors (Lipinski definition) is 5. The average molecular weight is 315 g/mol. The van der Waals surface area contributed by atoms with Gasteiger partial charge in [-0.25, -0.2) is 17.9 Å². The van der Waals surface area contributed by atoms with Crippen LogP contribution in [-0.2, 0) is 10.0 Å². The van der Waals surface area contributed by atoms with E-state index in [0.717, 1.165) is 24.6 Å². The van der Waals surface area contributed by atoms with Gasteiger partial charge in [0.1, 0.15) is 11.3 Å². The zero-order valence-corrected chi connectivity index (χ0v) is 12.0. The molecule has 1 aromatic carbocycles. The van der Waals surface area contributed by atoms with Crippen LogP contribution in [0.25, 0.3) is 0 Å². The largest absolute Gasteiger partial charge is 0.507 e. The van der Waals surface area contributed by atoms with Gasteiger partial charge in [-0.3, -0.25) is 0 Å². The van der Waals surface area contributed by atoms with Gasteiger partial charge in [0.05, 0.1) is 11.0 Å². The molecule has 1 aliphatic rings. The van der Waals surface area contributed by atoms with E-state index >= 15 is 0 Å². The number of sulfonamides is 1. The topological polar surface area (TPSA) is 124 Å². The second kappa shape index (κ2) is 6.00. The number of carboxylic acid groups (broad SMARTS) is 1. The van der Waals surface area contributed by atoms with E-state index in [1.165, 1.54) is 0 Å². The Morgan fingerprint density at radius 2 is 2.00 bits per heavy atom. The molecule has 21 heavy (non-hydrogen) atoms. The first-order chi connectivity index (χ1) is 9.79. The molecule has 1 aromatic rings. The van der Waals surface area contributed by atoms with Crippen molar-refractivity contribution in [3.05, 3.63) is 23.8 Å². The standard InChI is InChI=1S/C13H17NO6S/c15-9-3-1-2-8(6-9)14-21(19,20)10-4-5-12(16)11(7-10)13(17)18/h4-5,7-9,14-16H,1-3,6H2,(H,17,18). The SMILES string of the molecule is O=C(O)c1cc(S(=O)(=O)NC2CCCC(O)C2)ccc1O. The summed E-state index contributed by atoms with van der Waals surface area (Å²) in [6.07, 6.45) is 1.81. The van der Waals surface area contributed by atoms with Crippen molar-refractivity contribution in [2.24, 2.45) is 0 Å². The minimum absolute atomic E-state index is 0.224. The van der Waals surface area contributed by atoms with Gasteiger partial charge in [-0.15, -0.1) is 0 Å². The molecule has 0 amide bonds. The molecule has 0 aliphatic heterocycles. The summed E-state index contributed by atoms with van der Waals surface area (Å²) >= 11 is 0. The number of aromatic hydroxyl groups is 1. The van der Waals surface area contributed by atoms with Crippen molar-refractivity contribution in [1.29, 1.82) is 0 Å². The normalized spacial score (nSPS) is 22.9.